The minimum atomic E-state index is -0.137. The highest BCUT2D eigenvalue weighted by molar-refractivity contribution is 5.95. The summed E-state index contributed by atoms with van der Waals surface area (Å²) in [7, 11) is 3.41. The number of carbonyl (C=O) groups is 2. The zero-order valence-electron chi connectivity index (χ0n) is 15.4. The third kappa shape index (κ3) is 6.12. The SMILES string of the molecule is Cc1cccc(OCCNC(=O)CNc2cccc(C(=O)N(C)C)c2)c1. The second-order valence-electron chi connectivity index (χ2n) is 6.15. The maximum absolute atomic E-state index is 12.0. The molecule has 2 aromatic rings. The smallest absolute Gasteiger partial charge is 0.253 e. The van der Waals surface area contributed by atoms with Crippen LogP contribution in [0.5, 0.6) is 5.75 Å². The summed E-state index contributed by atoms with van der Waals surface area (Å²) >= 11 is 0. The summed E-state index contributed by atoms with van der Waals surface area (Å²) in [5.41, 5.74) is 2.43. The predicted molar refractivity (Wildman–Crippen MR) is 103 cm³/mol. The van der Waals surface area contributed by atoms with E-state index >= 15 is 0 Å². The number of benzene rings is 2. The van der Waals surface area contributed by atoms with Crippen molar-refractivity contribution in [2.75, 3.05) is 39.1 Å². The van der Waals surface area contributed by atoms with E-state index in [0.29, 0.717) is 18.7 Å². The van der Waals surface area contributed by atoms with Gasteiger partial charge in [-0.25, -0.2) is 0 Å². The van der Waals surface area contributed by atoms with Gasteiger partial charge in [0.25, 0.3) is 5.91 Å². The third-order valence-electron chi connectivity index (χ3n) is 3.65. The summed E-state index contributed by atoms with van der Waals surface area (Å²) in [5, 5.41) is 5.81. The third-order valence-corrected chi connectivity index (χ3v) is 3.65. The standard InChI is InChI=1S/C20H25N3O3/c1-15-6-4-9-18(12-15)26-11-10-21-19(24)14-22-17-8-5-7-16(13-17)20(25)23(2)3/h4-9,12-13,22H,10-11,14H2,1-3H3,(H,21,24). The maximum Gasteiger partial charge on any atom is 0.253 e. The fourth-order valence-electron chi connectivity index (χ4n) is 2.33. The zero-order valence-corrected chi connectivity index (χ0v) is 15.4. The van der Waals surface area contributed by atoms with E-state index in [1.54, 1.807) is 32.3 Å². The molecule has 2 N–H and O–H groups in total. The van der Waals surface area contributed by atoms with Gasteiger partial charge in [-0.15, -0.1) is 0 Å². The molecule has 0 bridgehead atoms. The van der Waals surface area contributed by atoms with Crippen LogP contribution in [-0.2, 0) is 4.79 Å². The molecule has 0 fully saturated rings. The molecule has 2 amide bonds. The van der Waals surface area contributed by atoms with E-state index in [0.717, 1.165) is 17.0 Å². The van der Waals surface area contributed by atoms with Crippen LogP contribution in [0.15, 0.2) is 48.5 Å². The van der Waals surface area contributed by atoms with Gasteiger partial charge in [0, 0.05) is 25.3 Å². The van der Waals surface area contributed by atoms with Crippen molar-refractivity contribution < 1.29 is 14.3 Å². The maximum atomic E-state index is 12.0. The molecular formula is C20H25N3O3. The molecule has 0 aliphatic rings. The molecule has 2 aromatic carbocycles. The molecule has 0 aliphatic heterocycles. The van der Waals surface area contributed by atoms with Gasteiger partial charge in [-0.3, -0.25) is 9.59 Å². The number of hydrogen-bond donors (Lipinski definition) is 2. The summed E-state index contributed by atoms with van der Waals surface area (Å²) in [5.74, 6) is 0.577. The number of hydrogen-bond acceptors (Lipinski definition) is 4. The number of nitrogens with one attached hydrogen (secondary N) is 2. The van der Waals surface area contributed by atoms with E-state index in [4.69, 9.17) is 4.74 Å². The van der Waals surface area contributed by atoms with Crippen molar-refractivity contribution in [1.82, 2.24) is 10.2 Å². The topological polar surface area (TPSA) is 70.7 Å². The largest absolute Gasteiger partial charge is 0.492 e. The lowest BCUT2D eigenvalue weighted by molar-refractivity contribution is -0.119. The van der Waals surface area contributed by atoms with Crippen LogP contribution in [0.4, 0.5) is 5.69 Å². The van der Waals surface area contributed by atoms with Gasteiger partial charge in [0.05, 0.1) is 13.1 Å². The van der Waals surface area contributed by atoms with Crippen LogP contribution in [0.3, 0.4) is 0 Å². The van der Waals surface area contributed by atoms with Crippen LogP contribution < -0.4 is 15.4 Å². The monoisotopic (exact) mass is 355 g/mol. The zero-order chi connectivity index (χ0) is 18.9. The highest BCUT2D eigenvalue weighted by Crippen LogP contribution is 2.12. The molecule has 0 saturated heterocycles. The second-order valence-corrected chi connectivity index (χ2v) is 6.15. The van der Waals surface area contributed by atoms with Crippen molar-refractivity contribution in [3.05, 3.63) is 59.7 Å². The molecule has 6 heteroatoms. The summed E-state index contributed by atoms with van der Waals surface area (Å²) in [6.45, 7) is 2.96. The van der Waals surface area contributed by atoms with Gasteiger partial charge in [0.15, 0.2) is 0 Å². The molecule has 0 saturated carbocycles. The average Bonchev–Trinajstić information content (AvgIpc) is 2.63. The van der Waals surface area contributed by atoms with E-state index in [1.807, 2.05) is 37.3 Å². The Morgan fingerprint density at radius 1 is 1.08 bits per heavy atom. The van der Waals surface area contributed by atoms with E-state index in [9.17, 15) is 9.59 Å². The molecule has 0 atom stereocenters. The molecule has 0 spiro atoms. The molecule has 0 radical (unpaired) electrons. The van der Waals surface area contributed by atoms with Crippen molar-refractivity contribution in [2.24, 2.45) is 0 Å². The van der Waals surface area contributed by atoms with E-state index < -0.39 is 0 Å². The van der Waals surface area contributed by atoms with Gasteiger partial charge in [-0.2, -0.15) is 0 Å². The first-order valence-electron chi connectivity index (χ1n) is 8.47. The summed E-state index contributed by atoms with van der Waals surface area (Å²) in [4.78, 5) is 25.4. The molecular weight excluding hydrogens is 330 g/mol. The number of carbonyl (C=O) groups excluding carboxylic acids is 2. The lowest BCUT2D eigenvalue weighted by Crippen LogP contribution is -2.33. The quantitative estimate of drug-likeness (QED) is 0.713. The lowest BCUT2D eigenvalue weighted by Gasteiger charge is -2.12. The molecule has 0 aliphatic carbocycles. The van der Waals surface area contributed by atoms with E-state index in [-0.39, 0.29) is 18.4 Å². The molecule has 0 aromatic heterocycles. The fraction of sp³-hybridized carbons (Fsp3) is 0.300. The van der Waals surface area contributed by atoms with Crippen molar-refractivity contribution in [3.63, 3.8) is 0 Å². The number of ether oxygens (including phenoxy) is 1. The predicted octanol–water partition coefficient (Wildman–Crippen LogP) is 2.30. The van der Waals surface area contributed by atoms with Crippen molar-refractivity contribution in [2.45, 2.75) is 6.92 Å². The molecule has 26 heavy (non-hydrogen) atoms. The first-order chi connectivity index (χ1) is 12.5. The first-order valence-corrected chi connectivity index (χ1v) is 8.47. The van der Waals surface area contributed by atoms with E-state index in [1.165, 1.54) is 4.90 Å². The summed E-state index contributed by atoms with van der Waals surface area (Å²) in [6, 6.07) is 14.9. The van der Waals surface area contributed by atoms with Crippen LogP contribution in [0, 0.1) is 6.92 Å². The molecule has 0 heterocycles. The Morgan fingerprint density at radius 2 is 1.85 bits per heavy atom. The highest BCUT2D eigenvalue weighted by atomic mass is 16.5. The van der Waals surface area contributed by atoms with Gasteiger partial charge >= 0.3 is 0 Å². The molecule has 138 valence electrons. The highest BCUT2D eigenvalue weighted by Gasteiger charge is 2.08. The fourth-order valence-corrected chi connectivity index (χ4v) is 2.33. The lowest BCUT2D eigenvalue weighted by atomic mass is 10.2. The Kier molecular flexibility index (Phi) is 7.02. The van der Waals surface area contributed by atoms with Crippen LogP contribution in [0.25, 0.3) is 0 Å². The summed E-state index contributed by atoms with van der Waals surface area (Å²) in [6.07, 6.45) is 0. The Morgan fingerprint density at radius 3 is 2.58 bits per heavy atom. The average molecular weight is 355 g/mol. The van der Waals surface area contributed by atoms with E-state index in [2.05, 4.69) is 10.6 Å². The van der Waals surface area contributed by atoms with Crippen LogP contribution >= 0.6 is 0 Å². The summed E-state index contributed by atoms with van der Waals surface area (Å²) < 4.78 is 5.59. The van der Waals surface area contributed by atoms with Gasteiger partial charge in [0.1, 0.15) is 12.4 Å². The van der Waals surface area contributed by atoms with Gasteiger partial charge in [-0.1, -0.05) is 18.2 Å². The number of aryl methyl sites for hydroxylation is 1. The van der Waals surface area contributed by atoms with Gasteiger partial charge < -0.3 is 20.3 Å². The normalized spacial score (nSPS) is 10.1. The van der Waals surface area contributed by atoms with Crippen molar-refractivity contribution in [3.8, 4) is 5.75 Å². The molecule has 0 unspecified atom stereocenters. The number of nitrogens with zero attached hydrogens (tertiary/aromatic N) is 1. The minimum absolute atomic E-state index is 0.0774. The number of amides is 2. The molecule has 2 rings (SSSR count). The minimum Gasteiger partial charge on any atom is -0.492 e. The second kappa shape index (κ2) is 9.46. The Labute approximate surface area is 154 Å². The molecule has 6 nitrogen and oxygen atoms in total. The van der Waals surface area contributed by atoms with Crippen molar-refractivity contribution in [1.29, 1.82) is 0 Å². The Balaban J connectivity index is 1.72. The first kappa shape index (κ1) is 19.3. The Bertz CT molecular complexity index is 759. The number of rotatable bonds is 8. The van der Waals surface area contributed by atoms with Crippen LogP contribution in [-0.4, -0.2) is 50.5 Å². The van der Waals surface area contributed by atoms with Crippen molar-refractivity contribution >= 4 is 17.5 Å². The van der Waals surface area contributed by atoms with Gasteiger partial charge in [-0.05, 0) is 42.8 Å². The van der Waals surface area contributed by atoms with Crippen LogP contribution in [0.1, 0.15) is 15.9 Å². The van der Waals surface area contributed by atoms with Crippen LogP contribution in [0.2, 0.25) is 0 Å². The number of anilines is 1. The Hall–Kier alpha value is -3.02. The van der Waals surface area contributed by atoms with Gasteiger partial charge in [0.2, 0.25) is 5.91 Å².